The summed E-state index contributed by atoms with van der Waals surface area (Å²) in [6.45, 7) is 2.15. The highest BCUT2D eigenvalue weighted by atomic mass is 16.2. The maximum Gasteiger partial charge on any atom is 0.296 e. The first-order valence-electron chi connectivity index (χ1n) is 5.71. The van der Waals surface area contributed by atoms with Crippen molar-refractivity contribution < 1.29 is 9.59 Å². The molecule has 0 aliphatic carbocycles. The van der Waals surface area contributed by atoms with Crippen LogP contribution in [0.2, 0.25) is 0 Å². The molecule has 0 spiro atoms. The molecule has 1 aromatic rings. The SMILES string of the molecule is CCCCCc1cccc2c1NC(=O)C2=O. The topological polar surface area (TPSA) is 46.2 Å². The van der Waals surface area contributed by atoms with Gasteiger partial charge in [-0.05, 0) is 24.5 Å². The van der Waals surface area contributed by atoms with Crippen molar-refractivity contribution >= 4 is 17.4 Å². The highest BCUT2D eigenvalue weighted by Crippen LogP contribution is 2.28. The minimum Gasteiger partial charge on any atom is -0.318 e. The second-order valence-electron chi connectivity index (χ2n) is 4.08. The fourth-order valence-corrected chi connectivity index (χ4v) is 2.00. The number of aryl methyl sites for hydroxylation is 1. The Morgan fingerprint density at radius 2 is 2.00 bits per heavy atom. The van der Waals surface area contributed by atoms with Gasteiger partial charge in [0.2, 0.25) is 0 Å². The van der Waals surface area contributed by atoms with Crippen LogP contribution in [-0.4, -0.2) is 11.7 Å². The third-order valence-electron chi connectivity index (χ3n) is 2.89. The molecule has 2 rings (SSSR count). The Hall–Kier alpha value is -1.64. The monoisotopic (exact) mass is 217 g/mol. The van der Waals surface area contributed by atoms with E-state index in [2.05, 4.69) is 12.2 Å². The molecule has 1 amide bonds. The number of unbranched alkanes of at least 4 members (excludes halogenated alkanes) is 2. The number of anilines is 1. The van der Waals surface area contributed by atoms with Crippen LogP contribution < -0.4 is 5.32 Å². The first kappa shape index (κ1) is 10.9. The van der Waals surface area contributed by atoms with Gasteiger partial charge >= 0.3 is 0 Å². The van der Waals surface area contributed by atoms with E-state index in [0.717, 1.165) is 24.1 Å². The lowest BCUT2D eigenvalue weighted by Gasteiger charge is -2.06. The Kier molecular flexibility index (Phi) is 3.04. The van der Waals surface area contributed by atoms with Gasteiger partial charge in [0.1, 0.15) is 0 Å². The molecule has 1 heterocycles. The minimum absolute atomic E-state index is 0.410. The van der Waals surface area contributed by atoms with E-state index in [9.17, 15) is 9.59 Å². The Morgan fingerprint density at radius 3 is 2.75 bits per heavy atom. The molecule has 0 saturated heterocycles. The lowest BCUT2D eigenvalue weighted by molar-refractivity contribution is -0.112. The molecule has 16 heavy (non-hydrogen) atoms. The molecule has 84 valence electrons. The van der Waals surface area contributed by atoms with Crippen LogP contribution in [0.5, 0.6) is 0 Å². The van der Waals surface area contributed by atoms with Crippen LogP contribution in [0.3, 0.4) is 0 Å². The normalized spacial score (nSPS) is 13.8. The van der Waals surface area contributed by atoms with E-state index in [0.29, 0.717) is 5.56 Å². The standard InChI is InChI=1S/C13H15NO2/c1-2-3-4-6-9-7-5-8-10-11(9)14-13(16)12(10)15/h5,7-8H,2-4,6H2,1H3,(H,14,15,16). The summed E-state index contributed by atoms with van der Waals surface area (Å²) in [6.07, 6.45) is 4.35. The molecule has 0 bridgehead atoms. The summed E-state index contributed by atoms with van der Waals surface area (Å²) in [5.74, 6) is -0.912. The first-order chi connectivity index (χ1) is 7.74. The van der Waals surface area contributed by atoms with Crippen LogP contribution >= 0.6 is 0 Å². The van der Waals surface area contributed by atoms with E-state index >= 15 is 0 Å². The van der Waals surface area contributed by atoms with Gasteiger partial charge in [0.25, 0.3) is 11.7 Å². The zero-order valence-corrected chi connectivity index (χ0v) is 9.38. The van der Waals surface area contributed by atoms with Crippen LogP contribution in [0.4, 0.5) is 5.69 Å². The highest BCUT2D eigenvalue weighted by Gasteiger charge is 2.29. The number of hydrogen-bond acceptors (Lipinski definition) is 2. The van der Waals surface area contributed by atoms with Crippen molar-refractivity contribution in [3.05, 3.63) is 29.3 Å². The van der Waals surface area contributed by atoms with Gasteiger partial charge in [-0.25, -0.2) is 0 Å². The number of rotatable bonds is 4. The van der Waals surface area contributed by atoms with Gasteiger partial charge < -0.3 is 5.32 Å². The predicted molar refractivity (Wildman–Crippen MR) is 62.6 cm³/mol. The summed E-state index contributed by atoms with van der Waals surface area (Å²) in [7, 11) is 0. The maximum absolute atomic E-state index is 11.5. The molecule has 1 aliphatic heterocycles. The van der Waals surface area contributed by atoms with E-state index in [1.165, 1.54) is 12.8 Å². The molecule has 0 unspecified atom stereocenters. The van der Waals surface area contributed by atoms with Gasteiger partial charge in [-0.1, -0.05) is 31.9 Å². The summed E-state index contributed by atoms with van der Waals surface area (Å²) >= 11 is 0. The van der Waals surface area contributed by atoms with Crippen molar-refractivity contribution in [3.63, 3.8) is 0 Å². The van der Waals surface area contributed by atoms with Gasteiger partial charge in [-0.2, -0.15) is 0 Å². The van der Waals surface area contributed by atoms with Crippen molar-refractivity contribution in [1.29, 1.82) is 0 Å². The fourth-order valence-electron chi connectivity index (χ4n) is 2.00. The van der Waals surface area contributed by atoms with Crippen molar-refractivity contribution in [1.82, 2.24) is 0 Å². The number of para-hydroxylation sites is 1. The van der Waals surface area contributed by atoms with Gasteiger partial charge in [0.15, 0.2) is 0 Å². The van der Waals surface area contributed by atoms with Gasteiger partial charge in [0.05, 0.1) is 11.3 Å². The van der Waals surface area contributed by atoms with E-state index in [1.807, 2.05) is 12.1 Å². The average molecular weight is 217 g/mol. The Balaban J connectivity index is 2.22. The van der Waals surface area contributed by atoms with Crippen molar-refractivity contribution in [3.8, 4) is 0 Å². The van der Waals surface area contributed by atoms with E-state index < -0.39 is 11.7 Å². The van der Waals surface area contributed by atoms with Gasteiger partial charge in [0, 0.05) is 0 Å². The van der Waals surface area contributed by atoms with Gasteiger partial charge in [-0.3, -0.25) is 9.59 Å². The number of carbonyl (C=O) groups is 2. The molecule has 0 fully saturated rings. The zero-order valence-electron chi connectivity index (χ0n) is 9.38. The number of benzene rings is 1. The van der Waals surface area contributed by atoms with Crippen LogP contribution in [0.15, 0.2) is 18.2 Å². The predicted octanol–water partition coefficient (Wildman–Crippen LogP) is 2.55. The summed E-state index contributed by atoms with van der Waals surface area (Å²) in [4.78, 5) is 22.7. The second kappa shape index (κ2) is 4.47. The van der Waals surface area contributed by atoms with Gasteiger partial charge in [-0.15, -0.1) is 0 Å². The summed E-state index contributed by atoms with van der Waals surface area (Å²) in [6, 6.07) is 5.53. The number of ketones is 1. The molecule has 1 aromatic carbocycles. The smallest absolute Gasteiger partial charge is 0.296 e. The van der Waals surface area contributed by atoms with Crippen LogP contribution in [0.25, 0.3) is 0 Å². The summed E-state index contributed by atoms with van der Waals surface area (Å²) in [5.41, 5.74) is 2.33. The highest BCUT2D eigenvalue weighted by molar-refractivity contribution is 6.51. The van der Waals surface area contributed by atoms with Crippen LogP contribution in [-0.2, 0) is 11.2 Å². The molecular formula is C13H15NO2. The van der Waals surface area contributed by atoms with Crippen LogP contribution in [0, 0.1) is 0 Å². The van der Waals surface area contributed by atoms with Crippen molar-refractivity contribution in [2.75, 3.05) is 5.32 Å². The third-order valence-corrected chi connectivity index (χ3v) is 2.89. The number of carbonyl (C=O) groups excluding carboxylic acids is 2. The molecule has 0 atom stereocenters. The summed E-state index contributed by atoms with van der Waals surface area (Å²) < 4.78 is 0. The molecule has 0 radical (unpaired) electrons. The number of nitrogens with one attached hydrogen (secondary N) is 1. The molecular weight excluding hydrogens is 202 g/mol. The third kappa shape index (κ3) is 1.85. The quantitative estimate of drug-likeness (QED) is 0.622. The van der Waals surface area contributed by atoms with E-state index in [4.69, 9.17) is 0 Å². The molecule has 0 aromatic heterocycles. The Labute approximate surface area is 94.9 Å². The molecule has 1 aliphatic rings. The number of fused-ring (bicyclic) bond motifs is 1. The lowest BCUT2D eigenvalue weighted by atomic mass is 10.0. The molecule has 0 saturated carbocycles. The van der Waals surface area contributed by atoms with Crippen molar-refractivity contribution in [2.45, 2.75) is 32.6 Å². The zero-order chi connectivity index (χ0) is 11.5. The average Bonchev–Trinajstić information content (AvgIpc) is 2.57. The number of Topliss-reactive ketones (excluding diaryl/α,β-unsaturated/α-hetero) is 1. The Bertz CT molecular complexity index is 438. The van der Waals surface area contributed by atoms with E-state index in [1.54, 1.807) is 6.07 Å². The molecule has 3 heteroatoms. The molecule has 3 nitrogen and oxygen atoms in total. The minimum atomic E-state index is -0.502. The van der Waals surface area contributed by atoms with E-state index in [-0.39, 0.29) is 0 Å². The number of amides is 1. The Morgan fingerprint density at radius 1 is 1.19 bits per heavy atom. The second-order valence-corrected chi connectivity index (χ2v) is 4.08. The lowest BCUT2D eigenvalue weighted by Crippen LogP contribution is -2.12. The maximum atomic E-state index is 11.5. The molecule has 1 N–H and O–H groups in total. The number of hydrogen-bond donors (Lipinski definition) is 1. The summed E-state index contributed by atoms with van der Waals surface area (Å²) in [5, 5.41) is 2.65. The first-order valence-corrected chi connectivity index (χ1v) is 5.71. The largest absolute Gasteiger partial charge is 0.318 e. The van der Waals surface area contributed by atoms with Crippen molar-refractivity contribution in [2.24, 2.45) is 0 Å². The fraction of sp³-hybridized carbons (Fsp3) is 0.385. The van der Waals surface area contributed by atoms with Crippen LogP contribution in [0.1, 0.15) is 42.1 Å².